The maximum absolute atomic E-state index is 12.9. The van der Waals surface area contributed by atoms with E-state index in [4.69, 9.17) is 0 Å². The van der Waals surface area contributed by atoms with Crippen molar-refractivity contribution in [2.24, 2.45) is 10.8 Å². The van der Waals surface area contributed by atoms with Gasteiger partial charge in [-0.15, -0.1) is 0 Å². The third-order valence-corrected chi connectivity index (χ3v) is 12.2. The van der Waals surface area contributed by atoms with Gasteiger partial charge in [0.1, 0.15) is 0 Å². The SMILES string of the molecule is CC1=C2CCC[C@H](O)[C@@]2(C)C/C(=C\c2ccc(-c3ccccc3)cc2)C1=O.CC1=C2CCC[C@H](O)[C@@]2(C)C/C(=C\c2ccc(I)cc2)C1=O. The molecule has 4 aliphatic carbocycles. The molecule has 5 heteroatoms. The molecule has 0 bridgehead atoms. The Morgan fingerprint density at radius 1 is 0.633 bits per heavy atom. The van der Waals surface area contributed by atoms with Crippen molar-refractivity contribution < 1.29 is 19.8 Å². The van der Waals surface area contributed by atoms with Crippen molar-refractivity contribution in [1.29, 1.82) is 0 Å². The summed E-state index contributed by atoms with van der Waals surface area (Å²) in [6, 6.07) is 26.8. The van der Waals surface area contributed by atoms with Crippen LogP contribution in [0.4, 0.5) is 0 Å². The molecule has 0 aromatic heterocycles. The summed E-state index contributed by atoms with van der Waals surface area (Å²) in [4.78, 5) is 25.6. The molecule has 2 saturated carbocycles. The maximum Gasteiger partial charge on any atom is 0.184 e. The van der Waals surface area contributed by atoms with E-state index >= 15 is 0 Å². The number of Topliss-reactive ketones (excluding diaryl/α,β-unsaturated/α-hetero) is 2. The molecule has 0 heterocycles. The number of aliphatic hydroxyl groups is 2. The van der Waals surface area contributed by atoms with E-state index in [1.54, 1.807) is 0 Å². The molecule has 3 aromatic carbocycles. The van der Waals surface area contributed by atoms with Gasteiger partial charge in [0.15, 0.2) is 11.6 Å². The molecule has 4 aliphatic rings. The van der Waals surface area contributed by atoms with Crippen LogP contribution in [0, 0.1) is 14.4 Å². The van der Waals surface area contributed by atoms with Gasteiger partial charge in [-0.1, -0.05) is 91.7 Å². The van der Waals surface area contributed by atoms with Gasteiger partial charge in [0.2, 0.25) is 0 Å². The van der Waals surface area contributed by atoms with Crippen molar-refractivity contribution in [3.8, 4) is 11.1 Å². The minimum absolute atomic E-state index is 0.142. The number of benzene rings is 3. The third-order valence-electron chi connectivity index (χ3n) is 11.5. The molecule has 2 N–H and O–H groups in total. The van der Waals surface area contributed by atoms with Gasteiger partial charge in [-0.25, -0.2) is 0 Å². The Bertz CT molecular complexity index is 1860. The summed E-state index contributed by atoms with van der Waals surface area (Å²) in [5.41, 5.74) is 9.54. The Hall–Kier alpha value is -3.39. The molecule has 49 heavy (non-hydrogen) atoms. The number of ketones is 2. The highest BCUT2D eigenvalue weighted by Gasteiger charge is 2.46. The highest BCUT2D eigenvalue weighted by Crippen LogP contribution is 2.51. The van der Waals surface area contributed by atoms with Gasteiger partial charge in [-0.3, -0.25) is 9.59 Å². The molecule has 0 unspecified atom stereocenters. The second-order valence-corrected chi connectivity index (χ2v) is 16.0. The van der Waals surface area contributed by atoms with Gasteiger partial charge in [-0.05, 0) is 145 Å². The topological polar surface area (TPSA) is 74.6 Å². The van der Waals surface area contributed by atoms with Gasteiger partial charge < -0.3 is 10.2 Å². The summed E-state index contributed by atoms with van der Waals surface area (Å²) in [7, 11) is 0. The lowest BCUT2D eigenvalue weighted by atomic mass is 9.61. The summed E-state index contributed by atoms with van der Waals surface area (Å²) >= 11 is 2.28. The molecule has 0 aliphatic heterocycles. The van der Waals surface area contributed by atoms with Crippen LogP contribution < -0.4 is 0 Å². The molecular formula is C44H47IO4. The molecular weight excluding hydrogens is 719 g/mol. The van der Waals surface area contributed by atoms with Crippen LogP contribution in [0.2, 0.25) is 0 Å². The van der Waals surface area contributed by atoms with Crippen LogP contribution in [0.25, 0.3) is 23.3 Å². The minimum Gasteiger partial charge on any atom is -0.392 e. The molecule has 0 radical (unpaired) electrons. The van der Waals surface area contributed by atoms with Crippen LogP contribution in [0.15, 0.2) is 112 Å². The van der Waals surface area contributed by atoms with Gasteiger partial charge in [0.25, 0.3) is 0 Å². The van der Waals surface area contributed by atoms with Crippen molar-refractivity contribution in [2.75, 3.05) is 0 Å². The van der Waals surface area contributed by atoms with Crippen molar-refractivity contribution in [3.63, 3.8) is 0 Å². The van der Waals surface area contributed by atoms with E-state index in [0.717, 1.165) is 71.9 Å². The average Bonchev–Trinajstić information content (AvgIpc) is 3.10. The number of aliphatic hydroxyl groups excluding tert-OH is 2. The molecule has 0 spiro atoms. The summed E-state index contributed by atoms with van der Waals surface area (Å²) in [5.74, 6) is 0.295. The lowest BCUT2D eigenvalue weighted by Gasteiger charge is -2.45. The van der Waals surface area contributed by atoms with Gasteiger partial charge in [-0.2, -0.15) is 0 Å². The first kappa shape index (κ1) is 35.4. The van der Waals surface area contributed by atoms with Gasteiger partial charge in [0, 0.05) is 25.5 Å². The lowest BCUT2D eigenvalue weighted by molar-refractivity contribution is -0.114. The minimum atomic E-state index is -0.367. The normalized spacial score (nSPS) is 28.6. The Balaban J connectivity index is 0.000000174. The first-order valence-corrected chi connectivity index (χ1v) is 18.7. The Morgan fingerprint density at radius 2 is 1.04 bits per heavy atom. The molecule has 4 nitrogen and oxygen atoms in total. The van der Waals surface area contributed by atoms with Gasteiger partial charge >= 0.3 is 0 Å². The van der Waals surface area contributed by atoms with Crippen molar-refractivity contribution in [3.05, 3.63) is 127 Å². The van der Waals surface area contributed by atoms with Crippen LogP contribution in [-0.2, 0) is 9.59 Å². The van der Waals surface area contributed by atoms with E-state index in [2.05, 4.69) is 72.8 Å². The fourth-order valence-corrected chi connectivity index (χ4v) is 8.90. The summed E-state index contributed by atoms with van der Waals surface area (Å²) in [6.45, 7) is 8.09. The lowest BCUT2D eigenvalue weighted by Crippen LogP contribution is -2.42. The summed E-state index contributed by atoms with van der Waals surface area (Å²) < 4.78 is 1.18. The molecule has 0 amide bonds. The Kier molecular flexibility index (Phi) is 10.5. The molecule has 2 fully saturated rings. The van der Waals surface area contributed by atoms with Crippen molar-refractivity contribution >= 4 is 46.3 Å². The van der Waals surface area contributed by atoms with E-state index in [9.17, 15) is 19.8 Å². The third kappa shape index (κ3) is 7.13. The number of rotatable bonds is 3. The van der Waals surface area contributed by atoms with E-state index in [0.29, 0.717) is 12.8 Å². The van der Waals surface area contributed by atoms with Crippen LogP contribution in [-0.4, -0.2) is 34.0 Å². The maximum atomic E-state index is 12.9. The zero-order valence-electron chi connectivity index (χ0n) is 29.1. The zero-order chi connectivity index (χ0) is 34.9. The van der Waals surface area contributed by atoms with Crippen LogP contribution in [0.1, 0.15) is 90.2 Å². The number of fused-ring (bicyclic) bond motifs is 2. The molecule has 0 saturated heterocycles. The fraction of sp³-hybridized carbons (Fsp3) is 0.364. The highest BCUT2D eigenvalue weighted by molar-refractivity contribution is 14.1. The second kappa shape index (κ2) is 14.5. The van der Waals surface area contributed by atoms with Crippen LogP contribution in [0.5, 0.6) is 0 Å². The van der Waals surface area contributed by atoms with Crippen molar-refractivity contribution in [2.45, 2.75) is 91.3 Å². The quantitative estimate of drug-likeness (QED) is 0.206. The predicted octanol–water partition coefficient (Wildman–Crippen LogP) is 10.1. The first-order chi connectivity index (χ1) is 23.4. The van der Waals surface area contributed by atoms with E-state index < -0.39 is 0 Å². The Labute approximate surface area is 304 Å². The Morgan fingerprint density at radius 3 is 1.49 bits per heavy atom. The highest BCUT2D eigenvalue weighted by atomic mass is 127. The smallest absolute Gasteiger partial charge is 0.184 e. The number of hydrogen-bond donors (Lipinski definition) is 2. The molecule has 4 atom stereocenters. The summed E-state index contributed by atoms with van der Waals surface area (Å²) in [5, 5.41) is 21.2. The molecule has 254 valence electrons. The fourth-order valence-electron chi connectivity index (χ4n) is 8.54. The van der Waals surface area contributed by atoms with Gasteiger partial charge in [0.05, 0.1) is 12.2 Å². The van der Waals surface area contributed by atoms with Crippen molar-refractivity contribution in [1.82, 2.24) is 0 Å². The van der Waals surface area contributed by atoms with E-state index in [1.165, 1.54) is 25.8 Å². The average molecular weight is 767 g/mol. The molecule has 7 rings (SSSR count). The van der Waals surface area contributed by atoms with Crippen LogP contribution in [0.3, 0.4) is 0 Å². The zero-order valence-corrected chi connectivity index (χ0v) is 31.2. The number of carbonyl (C=O) groups is 2. The van der Waals surface area contributed by atoms with Crippen LogP contribution >= 0.6 is 22.6 Å². The number of allylic oxidation sites excluding steroid dienone is 4. The molecule has 3 aromatic rings. The predicted molar refractivity (Wildman–Crippen MR) is 208 cm³/mol. The van der Waals surface area contributed by atoms with E-state index in [-0.39, 0.29) is 34.6 Å². The monoisotopic (exact) mass is 766 g/mol. The largest absolute Gasteiger partial charge is 0.392 e. The number of halogens is 1. The number of hydrogen-bond acceptors (Lipinski definition) is 4. The first-order valence-electron chi connectivity index (χ1n) is 17.6. The number of carbonyl (C=O) groups excluding carboxylic acids is 2. The van der Waals surface area contributed by atoms with E-state index in [1.807, 2.05) is 68.5 Å². The standard InChI is InChI=1S/C25H26O2.C19H21IO2/c1-17-22-9-6-10-23(26)25(22,2)16-21(24(17)27)15-18-11-13-20(14-12-18)19-7-4-3-5-8-19;1-12-16-4-3-5-17(21)19(16,2)11-14(18(12)22)10-13-6-8-15(20)9-7-13/h3-5,7-8,11-15,23,26H,6,9-10,16H2,1-2H3;6-10,17,21H,3-5,11H2,1-2H3/b21-15+;14-10+/t23-,25-;17-,19-/m00/s1. The second-order valence-electron chi connectivity index (χ2n) is 14.7. The summed E-state index contributed by atoms with van der Waals surface area (Å²) in [6.07, 6.45) is 10.0.